The summed E-state index contributed by atoms with van der Waals surface area (Å²) in [5, 5.41) is 3.07. The normalized spacial score (nSPS) is 21.6. The maximum atomic E-state index is 12.1. The van der Waals surface area contributed by atoms with Gasteiger partial charge >= 0.3 is 0 Å². The van der Waals surface area contributed by atoms with Crippen molar-refractivity contribution in [3.05, 3.63) is 29.8 Å². The number of nitrogens with two attached hydrogens (primary N) is 1. The van der Waals surface area contributed by atoms with E-state index in [1.165, 1.54) is 0 Å². The van der Waals surface area contributed by atoms with E-state index in [0.717, 1.165) is 30.6 Å². The highest BCUT2D eigenvalue weighted by Gasteiger charge is 2.26. The molecule has 5 heteroatoms. The largest absolute Gasteiger partial charge is 0.491 e. The number of hydrogen-bond acceptors (Lipinski definition) is 3. The van der Waals surface area contributed by atoms with Crippen LogP contribution in [0.15, 0.2) is 24.3 Å². The number of amides is 1. The molecule has 0 saturated heterocycles. The van der Waals surface area contributed by atoms with Gasteiger partial charge in [-0.15, -0.1) is 12.4 Å². The van der Waals surface area contributed by atoms with Crippen LogP contribution < -0.4 is 15.8 Å². The van der Waals surface area contributed by atoms with E-state index in [1.807, 2.05) is 45.0 Å². The Hall–Kier alpha value is -1.26. The van der Waals surface area contributed by atoms with Gasteiger partial charge in [-0.25, -0.2) is 0 Å². The first-order chi connectivity index (χ1) is 10.5. The predicted octanol–water partition coefficient (Wildman–Crippen LogP) is 3.59. The number of halogens is 1. The third-order valence-corrected chi connectivity index (χ3v) is 4.29. The Balaban J connectivity index is 0.00000264. The van der Waals surface area contributed by atoms with Crippen molar-refractivity contribution in [3.8, 4) is 5.75 Å². The van der Waals surface area contributed by atoms with E-state index in [-0.39, 0.29) is 36.5 Å². The topological polar surface area (TPSA) is 64.3 Å². The van der Waals surface area contributed by atoms with Gasteiger partial charge in [-0.3, -0.25) is 4.79 Å². The molecular weight excluding hydrogens is 312 g/mol. The smallest absolute Gasteiger partial charge is 0.220 e. The highest BCUT2D eigenvalue weighted by atomic mass is 35.5. The van der Waals surface area contributed by atoms with E-state index in [2.05, 4.69) is 5.32 Å². The van der Waals surface area contributed by atoms with Crippen molar-refractivity contribution in [2.24, 2.45) is 11.7 Å². The summed E-state index contributed by atoms with van der Waals surface area (Å²) < 4.78 is 5.63. The first-order valence-electron chi connectivity index (χ1n) is 8.27. The maximum Gasteiger partial charge on any atom is 0.220 e. The standard InChI is InChI=1S/C18H28N2O2.ClH/c1-12(2)22-16-9-7-14(8-10-16)13(3)20-18(21)11-15-5-4-6-17(15)19;/h7-10,12-13,15,17H,4-6,11,19H2,1-3H3,(H,20,21);1H/t13?,15-,17+;/m0./s1. The highest BCUT2D eigenvalue weighted by molar-refractivity contribution is 5.85. The van der Waals surface area contributed by atoms with Crippen LogP contribution in [-0.2, 0) is 4.79 Å². The number of carbonyl (C=O) groups excluding carboxylic acids is 1. The van der Waals surface area contributed by atoms with Crippen molar-refractivity contribution in [1.29, 1.82) is 0 Å². The lowest BCUT2D eigenvalue weighted by molar-refractivity contribution is -0.122. The summed E-state index contributed by atoms with van der Waals surface area (Å²) in [5.74, 6) is 1.29. The number of nitrogens with one attached hydrogen (secondary N) is 1. The summed E-state index contributed by atoms with van der Waals surface area (Å²) in [6.45, 7) is 6.01. The molecule has 0 aromatic heterocycles. The van der Waals surface area contributed by atoms with Gasteiger partial charge < -0.3 is 15.8 Å². The van der Waals surface area contributed by atoms with Crippen LogP contribution in [0.4, 0.5) is 0 Å². The molecule has 1 aliphatic rings. The van der Waals surface area contributed by atoms with Crippen LogP contribution in [-0.4, -0.2) is 18.1 Å². The van der Waals surface area contributed by atoms with Crippen molar-refractivity contribution < 1.29 is 9.53 Å². The SMILES string of the molecule is CC(C)Oc1ccc(C(C)NC(=O)C[C@@H]2CCC[C@H]2N)cc1.Cl. The Labute approximate surface area is 145 Å². The second kappa shape index (κ2) is 9.14. The Morgan fingerprint density at radius 1 is 1.26 bits per heavy atom. The number of ether oxygens (including phenoxy) is 1. The molecule has 0 spiro atoms. The van der Waals surface area contributed by atoms with Gasteiger partial charge in [-0.05, 0) is 57.2 Å². The average Bonchev–Trinajstić information content (AvgIpc) is 2.84. The Bertz CT molecular complexity index is 490. The highest BCUT2D eigenvalue weighted by Crippen LogP contribution is 2.27. The molecule has 3 atom stereocenters. The molecule has 0 heterocycles. The molecule has 2 rings (SSSR count). The third-order valence-electron chi connectivity index (χ3n) is 4.29. The van der Waals surface area contributed by atoms with Crippen LogP contribution in [0, 0.1) is 5.92 Å². The van der Waals surface area contributed by atoms with E-state index >= 15 is 0 Å². The summed E-state index contributed by atoms with van der Waals surface area (Å²) in [6, 6.07) is 8.09. The van der Waals surface area contributed by atoms with Crippen molar-refractivity contribution in [3.63, 3.8) is 0 Å². The van der Waals surface area contributed by atoms with E-state index < -0.39 is 0 Å². The Morgan fingerprint density at radius 2 is 1.91 bits per heavy atom. The zero-order valence-corrected chi connectivity index (χ0v) is 15.1. The molecule has 1 fully saturated rings. The molecule has 1 saturated carbocycles. The molecule has 1 unspecified atom stereocenters. The van der Waals surface area contributed by atoms with E-state index in [0.29, 0.717) is 12.3 Å². The molecule has 1 aliphatic carbocycles. The fourth-order valence-corrected chi connectivity index (χ4v) is 3.05. The number of rotatable bonds is 6. The van der Waals surface area contributed by atoms with Gasteiger partial charge in [0.1, 0.15) is 5.75 Å². The molecule has 1 aromatic rings. The quantitative estimate of drug-likeness (QED) is 0.831. The minimum atomic E-state index is -0.00164. The monoisotopic (exact) mass is 340 g/mol. The maximum absolute atomic E-state index is 12.1. The predicted molar refractivity (Wildman–Crippen MR) is 95.9 cm³/mol. The molecule has 23 heavy (non-hydrogen) atoms. The zero-order valence-electron chi connectivity index (χ0n) is 14.2. The fraction of sp³-hybridized carbons (Fsp3) is 0.611. The Morgan fingerprint density at radius 3 is 2.43 bits per heavy atom. The molecule has 4 nitrogen and oxygen atoms in total. The third kappa shape index (κ3) is 6.04. The summed E-state index contributed by atoms with van der Waals surface area (Å²) >= 11 is 0. The molecule has 0 radical (unpaired) electrons. The van der Waals surface area contributed by atoms with Gasteiger partial charge in [0.05, 0.1) is 12.1 Å². The average molecular weight is 341 g/mol. The second-order valence-electron chi connectivity index (χ2n) is 6.58. The lowest BCUT2D eigenvalue weighted by Crippen LogP contribution is -2.32. The molecule has 1 amide bonds. The van der Waals surface area contributed by atoms with Gasteiger partial charge in [0, 0.05) is 12.5 Å². The minimum absolute atomic E-state index is 0. The van der Waals surface area contributed by atoms with Gasteiger partial charge in [0.15, 0.2) is 0 Å². The van der Waals surface area contributed by atoms with Gasteiger partial charge in [0.2, 0.25) is 5.91 Å². The van der Waals surface area contributed by atoms with Gasteiger partial charge in [-0.1, -0.05) is 18.6 Å². The number of carbonyl (C=O) groups is 1. The number of hydrogen-bond donors (Lipinski definition) is 2. The van der Waals surface area contributed by atoms with Crippen molar-refractivity contribution in [2.75, 3.05) is 0 Å². The molecular formula is C18H29ClN2O2. The Kier molecular flexibility index (Phi) is 7.86. The minimum Gasteiger partial charge on any atom is -0.491 e. The molecule has 0 aliphatic heterocycles. The summed E-state index contributed by atoms with van der Waals surface area (Å²) in [6.07, 6.45) is 3.97. The summed E-state index contributed by atoms with van der Waals surface area (Å²) in [5.41, 5.74) is 7.12. The molecule has 130 valence electrons. The first kappa shape index (κ1) is 19.8. The van der Waals surface area contributed by atoms with Crippen LogP contribution >= 0.6 is 12.4 Å². The molecule has 0 bridgehead atoms. The zero-order chi connectivity index (χ0) is 16.1. The van der Waals surface area contributed by atoms with Crippen molar-refractivity contribution >= 4 is 18.3 Å². The first-order valence-corrected chi connectivity index (χ1v) is 8.27. The van der Waals surface area contributed by atoms with E-state index in [1.54, 1.807) is 0 Å². The summed E-state index contributed by atoms with van der Waals surface area (Å²) in [4.78, 5) is 12.1. The summed E-state index contributed by atoms with van der Waals surface area (Å²) in [7, 11) is 0. The number of benzene rings is 1. The van der Waals surface area contributed by atoms with Crippen LogP contribution in [0.1, 0.15) is 58.1 Å². The molecule has 1 aromatic carbocycles. The lowest BCUT2D eigenvalue weighted by Gasteiger charge is -2.19. The molecule has 3 N–H and O–H groups in total. The van der Waals surface area contributed by atoms with E-state index in [9.17, 15) is 4.79 Å². The van der Waals surface area contributed by atoms with Crippen LogP contribution in [0.5, 0.6) is 5.75 Å². The van der Waals surface area contributed by atoms with Crippen LogP contribution in [0.3, 0.4) is 0 Å². The van der Waals surface area contributed by atoms with E-state index in [4.69, 9.17) is 10.5 Å². The van der Waals surface area contributed by atoms with Crippen molar-refractivity contribution in [1.82, 2.24) is 5.32 Å². The van der Waals surface area contributed by atoms with Crippen LogP contribution in [0.2, 0.25) is 0 Å². The second-order valence-corrected chi connectivity index (χ2v) is 6.58. The lowest BCUT2D eigenvalue weighted by atomic mass is 9.99. The fourth-order valence-electron chi connectivity index (χ4n) is 3.05. The van der Waals surface area contributed by atoms with Crippen LogP contribution in [0.25, 0.3) is 0 Å². The van der Waals surface area contributed by atoms with Gasteiger partial charge in [-0.2, -0.15) is 0 Å². The van der Waals surface area contributed by atoms with Gasteiger partial charge in [0.25, 0.3) is 0 Å². The van der Waals surface area contributed by atoms with Crippen molar-refractivity contribution in [2.45, 2.75) is 64.6 Å².